The van der Waals surface area contributed by atoms with Crippen molar-refractivity contribution in [2.75, 3.05) is 26.2 Å². The molecule has 29 heavy (non-hydrogen) atoms. The fraction of sp³-hybridized carbons (Fsp3) is 0.476. The lowest BCUT2D eigenvalue weighted by atomic mass is 9.96. The average Bonchev–Trinajstić information content (AvgIpc) is 3.01. The Hall–Kier alpha value is -2.38. The molecule has 1 aromatic carbocycles. The fourth-order valence-electron chi connectivity index (χ4n) is 3.77. The van der Waals surface area contributed by atoms with Crippen molar-refractivity contribution in [3.63, 3.8) is 0 Å². The Morgan fingerprint density at radius 2 is 1.97 bits per heavy atom. The first kappa shape index (κ1) is 22.9. The van der Waals surface area contributed by atoms with Gasteiger partial charge >= 0.3 is 0 Å². The maximum absolute atomic E-state index is 12.9. The van der Waals surface area contributed by atoms with Crippen LogP contribution in [0.15, 0.2) is 30.3 Å². The number of nitrogens with zero attached hydrogens (tertiary/aromatic N) is 3. The highest BCUT2D eigenvalue weighted by atomic mass is 35.5. The zero-order valence-electron chi connectivity index (χ0n) is 17.1. The number of amides is 2. The maximum atomic E-state index is 12.9. The van der Waals surface area contributed by atoms with Gasteiger partial charge in [-0.3, -0.25) is 9.59 Å². The van der Waals surface area contributed by atoms with E-state index in [1.54, 1.807) is 0 Å². The molecule has 0 radical (unpaired) electrons. The number of rotatable bonds is 6. The Bertz CT molecular complexity index is 837. The van der Waals surface area contributed by atoms with E-state index in [-0.39, 0.29) is 30.1 Å². The molecule has 0 spiro atoms. The lowest BCUT2D eigenvalue weighted by Gasteiger charge is -2.32. The van der Waals surface area contributed by atoms with Crippen LogP contribution in [0.3, 0.4) is 0 Å². The van der Waals surface area contributed by atoms with Crippen molar-refractivity contribution in [2.24, 2.45) is 11.7 Å². The first-order chi connectivity index (χ1) is 13.5. The fourth-order valence-corrected chi connectivity index (χ4v) is 3.77. The van der Waals surface area contributed by atoms with Gasteiger partial charge in [0.1, 0.15) is 0 Å². The molecular weight excluding hydrogens is 390 g/mol. The molecule has 1 atom stereocenters. The van der Waals surface area contributed by atoms with Gasteiger partial charge in [-0.25, -0.2) is 4.68 Å². The van der Waals surface area contributed by atoms with Gasteiger partial charge in [-0.1, -0.05) is 18.2 Å². The number of benzene rings is 1. The number of aryl methyl sites for hydroxylation is 1. The van der Waals surface area contributed by atoms with E-state index in [2.05, 4.69) is 10.4 Å². The minimum Gasteiger partial charge on any atom is -0.355 e. The topological polar surface area (TPSA) is 93.2 Å². The van der Waals surface area contributed by atoms with E-state index in [1.807, 2.05) is 53.8 Å². The second-order valence-electron chi connectivity index (χ2n) is 7.33. The number of likely N-dealkylation sites (tertiary alicyclic amines) is 1. The number of halogens is 1. The number of carbonyl (C=O) groups is 2. The summed E-state index contributed by atoms with van der Waals surface area (Å²) in [5, 5.41) is 7.46. The summed E-state index contributed by atoms with van der Waals surface area (Å²) in [4.78, 5) is 27.0. The van der Waals surface area contributed by atoms with Gasteiger partial charge in [0.2, 0.25) is 11.8 Å². The van der Waals surface area contributed by atoms with Gasteiger partial charge in [-0.05, 0) is 38.8 Å². The molecule has 3 N–H and O–H groups in total. The molecule has 0 saturated carbocycles. The molecular formula is C21H30ClN5O2. The van der Waals surface area contributed by atoms with E-state index in [1.165, 1.54) is 0 Å². The Morgan fingerprint density at radius 3 is 2.66 bits per heavy atom. The predicted molar refractivity (Wildman–Crippen MR) is 115 cm³/mol. The van der Waals surface area contributed by atoms with E-state index < -0.39 is 0 Å². The summed E-state index contributed by atoms with van der Waals surface area (Å²) in [5.41, 5.74) is 9.24. The predicted octanol–water partition coefficient (Wildman–Crippen LogP) is 1.77. The van der Waals surface area contributed by atoms with Gasteiger partial charge in [0.25, 0.3) is 0 Å². The first-order valence-electron chi connectivity index (χ1n) is 9.87. The molecule has 7 nitrogen and oxygen atoms in total. The van der Waals surface area contributed by atoms with Crippen LogP contribution in [0.4, 0.5) is 0 Å². The van der Waals surface area contributed by atoms with Gasteiger partial charge in [0.05, 0.1) is 23.7 Å². The molecule has 2 aromatic rings. The number of carbonyl (C=O) groups excluding carboxylic acids is 2. The Morgan fingerprint density at radius 1 is 1.24 bits per heavy atom. The summed E-state index contributed by atoms with van der Waals surface area (Å²) in [5.74, 6) is -0.110. The number of piperidine rings is 1. The molecule has 1 unspecified atom stereocenters. The van der Waals surface area contributed by atoms with E-state index >= 15 is 0 Å². The molecule has 0 bridgehead atoms. The van der Waals surface area contributed by atoms with E-state index in [0.29, 0.717) is 32.6 Å². The van der Waals surface area contributed by atoms with Crippen LogP contribution in [0.1, 0.15) is 29.8 Å². The third kappa shape index (κ3) is 5.36. The molecule has 0 aliphatic carbocycles. The minimum atomic E-state index is -0.154. The third-order valence-corrected chi connectivity index (χ3v) is 5.36. The largest absolute Gasteiger partial charge is 0.355 e. The van der Waals surface area contributed by atoms with Crippen molar-refractivity contribution >= 4 is 24.2 Å². The Labute approximate surface area is 178 Å². The molecule has 8 heteroatoms. The highest BCUT2D eigenvalue weighted by Crippen LogP contribution is 2.21. The number of nitrogens with one attached hydrogen (secondary N) is 1. The van der Waals surface area contributed by atoms with Crippen LogP contribution in [0.25, 0.3) is 5.69 Å². The van der Waals surface area contributed by atoms with Crippen LogP contribution >= 0.6 is 12.4 Å². The molecule has 2 amide bonds. The van der Waals surface area contributed by atoms with Gasteiger partial charge in [0, 0.05) is 37.4 Å². The molecule has 1 aliphatic rings. The molecule has 1 aliphatic heterocycles. The Kier molecular flexibility index (Phi) is 8.22. The highest BCUT2D eigenvalue weighted by Gasteiger charge is 2.29. The highest BCUT2D eigenvalue weighted by molar-refractivity contribution is 5.85. The van der Waals surface area contributed by atoms with E-state index in [9.17, 15) is 9.59 Å². The van der Waals surface area contributed by atoms with Gasteiger partial charge < -0.3 is 16.0 Å². The summed E-state index contributed by atoms with van der Waals surface area (Å²) in [6, 6.07) is 9.91. The summed E-state index contributed by atoms with van der Waals surface area (Å²) in [6.07, 6.45) is 1.96. The third-order valence-electron chi connectivity index (χ3n) is 5.36. The average molecular weight is 420 g/mol. The van der Waals surface area contributed by atoms with Crippen LogP contribution in [-0.2, 0) is 16.0 Å². The maximum Gasteiger partial charge on any atom is 0.227 e. The zero-order valence-corrected chi connectivity index (χ0v) is 17.9. The molecule has 2 heterocycles. The molecule has 158 valence electrons. The SMILES string of the molecule is Cc1nn(-c2ccccc2)c(C)c1CC(=O)N1CCCC(C(=O)NCCN)C1.Cl. The van der Waals surface area contributed by atoms with Crippen LogP contribution in [0, 0.1) is 19.8 Å². The normalized spacial score (nSPS) is 16.2. The van der Waals surface area contributed by atoms with Crippen LogP contribution in [-0.4, -0.2) is 52.7 Å². The number of hydrogen-bond acceptors (Lipinski definition) is 4. The zero-order chi connectivity index (χ0) is 20.1. The monoisotopic (exact) mass is 419 g/mol. The second kappa shape index (κ2) is 10.4. The Balaban J connectivity index is 0.00000300. The lowest BCUT2D eigenvalue weighted by molar-refractivity contribution is -0.135. The molecule has 1 fully saturated rings. The number of hydrogen-bond donors (Lipinski definition) is 2. The molecule has 3 rings (SSSR count). The second-order valence-corrected chi connectivity index (χ2v) is 7.33. The van der Waals surface area contributed by atoms with Gasteiger partial charge in [-0.15, -0.1) is 12.4 Å². The van der Waals surface area contributed by atoms with Crippen LogP contribution in [0.2, 0.25) is 0 Å². The van der Waals surface area contributed by atoms with E-state index in [4.69, 9.17) is 5.73 Å². The van der Waals surface area contributed by atoms with Crippen molar-refractivity contribution in [1.82, 2.24) is 20.0 Å². The summed E-state index contributed by atoms with van der Waals surface area (Å²) < 4.78 is 1.89. The summed E-state index contributed by atoms with van der Waals surface area (Å²) in [7, 11) is 0. The van der Waals surface area contributed by atoms with Crippen LogP contribution in [0.5, 0.6) is 0 Å². The number of para-hydroxylation sites is 1. The number of aromatic nitrogens is 2. The summed E-state index contributed by atoms with van der Waals surface area (Å²) >= 11 is 0. The summed E-state index contributed by atoms with van der Waals surface area (Å²) in [6.45, 7) is 6.00. The molecule has 1 saturated heterocycles. The number of nitrogens with two attached hydrogens (primary N) is 1. The van der Waals surface area contributed by atoms with Crippen molar-refractivity contribution in [1.29, 1.82) is 0 Å². The lowest BCUT2D eigenvalue weighted by Crippen LogP contribution is -2.46. The quantitative estimate of drug-likeness (QED) is 0.746. The van der Waals surface area contributed by atoms with Crippen molar-refractivity contribution in [2.45, 2.75) is 33.1 Å². The van der Waals surface area contributed by atoms with Crippen LogP contribution < -0.4 is 11.1 Å². The van der Waals surface area contributed by atoms with Gasteiger partial charge in [-0.2, -0.15) is 5.10 Å². The van der Waals surface area contributed by atoms with Crippen molar-refractivity contribution in [3.8, 4) is 5.69 Å². The first-order valence-corrected chi connectivity index (χ1v) is 9.87. The minimum absolute atomic E-state index is 0. The molecule has 1 aromatic heterocycles. The smallest absolute Gasteiger partial charge is 0.227 e. The van der Waals surface area contributed by atoms with Crippen molar-refractivity contribution in [3.05, 3.63) is 47.3 Å². The standard InChI is InChI=1S/C21H29N5O2.ClH/c1-15-19(16(2)26(24-15)18-8-4-3-5-9-18)13-20(27)25-12-6-7-17(14-25)21(28)23-11-10-22;/h3-5,8-9,17H,6-7,10-14,22H2,1-2H3,(H,23,28);1H. The van der Waals surface area contributed by atoms with E-state index in [0.717, 1.165) is 35.5 Å². The van der Waals surface area contributed by atoms with Crippen molar-refractivity contribution < 1.29 is 9.59 Å². The van der Waals surface area contributed by atoms with Gasteiger partial charge in [0.15, 0.2) is 0 Å².